The average molecular weight is 342 g/mol. The van der Waals surface area contributed by atoms with Gasteiger partial charge in [-0.2, -0.15) is 3.84 Å². The Labute approximate surface area is 118 Å². The molecule has 0 saturated heterocycles. The van der Waals surface area contributed by atoms with Crippen LogP contribution in [0.5, 0.6) is 0 Å². The van der Waals surface area contributed by atoms with Crippen molar-refractivity contribution in [3.63, 3.8) is 0 Å². The number of nitrogens with zero attached hydrogens (tertiary/aromatic N) is 2. The molecule has 1 aromatic carbocycles. The zero-order valence-electron chi connectivity index (χ0n) is 8.34. The fraction of sp³-hybridized carbons (Fsp3) is 0. The fourth-order valence-electron chi connectivity index (χ4n) is 1.18. The maximum absolute atomic E-state index is 10.4. The average Bonchev–Trinajstić information content (AvgIpc) is 2.29. The molecule has 1 aromatic heterocycles. The minimum absolute atomic E-state index is 0. The van der Waals surface area contributed by atoms with E-state index in [0.29, 0.717) is 0 Å². The van der Waals surface area contributed by atoms with E-state index in [-0.39, 0.29) is 22.8 Å². The fourth-order valence-corrected chi connectivity index (χ4v) is 1.18. The van der Waals surface area contributed by atoms with E-state index in [9.17, 15) is 10.1 Å². The van der Waals surface area contributed by atoms with Crippen LogP contribution < -0.4 is 0 Å². The van der Waals surface area contributed by atoms with Gasteiger partial charge in [0, 0.05) is 23.7 Å². The second-order valence-corrected chi connectivity index (χ2v) is 3.16. The van der Waals surface area contributed by atoms with Crippen LogP contribution in [0.15, 0.2) is 36.5 Å². The van der Waals surface area contributed by atoms with E-state index in [1.165, 1.54) is 12.1 Å². The molecule has 5 nitrogen and oxygen atoms in total. The second-order valence-electron chi connectivity index (χ2n) is 2.70. The van der Waals surface area contributed by atoms with Gasteiger partial charge in [-0.25, -0.2) is 0 Å². The molecular formula is C9H8Cl2N2O3Se. The molecule has 0 fully saturated rings. The van der Waals surface area contributed by atoms with Gasteiger partial charge >= 0.3 is 17.1 Å². The number of nitro benzene ring substituents is 1. The van der Waals surface area contributed by atoms with Crippen LogP contribution in [-0.2, 0) is 3.84 Å². The van der Waals surface area contributed by atoms with Crippen molar-refractivity contribution in [3.8, 4) is 0 Å². The number of non-ortho nitro benzene ring substituents is 1. The summed E-state index contributed by atoms with van der Waals surface area (Å²) in [4.78, 5) is 14.1. The van der Waals surface area contributed by atoms with E-state index in [1.54, 1.807) is 24.4 Å². The quantitative estimate of drug-likeness (QED) is 0.454. The van der Waals surface area contributed by atoms with Crippen LogP contribution in [0.2, 0.25) is 0 Å². The number of aromatic nitrogens is 1. The van der Waals surface area contributed by atoms with Gasteiger partial charge in [-0.15, -0.1) is 0 Å². The van der Waals surface area contributed by atoms with Gasteiger partial charge in [-0.3, -0.25) is 15.1 Å². The molecule has 92 valence electrons. The predicted molar refractivity (Wildman–Crippen MR) is 69.7 cm³/mol. The third kappa shape index (κ3) is 4.85. The molecule has 0 radical (unpaired) electrons. The summed E-state index contributed by atoms with van der Waals surface area (Å²) in [5.41, 5.74) is 0.869. The number of pyridine rings is 1. The van der Waals surface area contributed by atoms with Crippen molar-refractivity contribution in [2.24, 2.45) is 0 Å². The van der Waals surface area contributed by atoms with Gasteiger partial charge in [0.05, 0.1) is 34.2 Å². The number of nitro groups is 1. The van der Waals surface area contributed by atoms with Crippen LogP contribution in [0.3, 0.4) is 0 Å². The Morgan fingerprint density at radius 2 is 1.94 bits per heavy atom. The molecule has 0 atom stereocenters. The Morgan fingerprint density at radius 1 is 1.29 bits per heavy atom. The van der Waals surface area contributed by atoms with Gasteiger partial charge in [-0.1, -0.05) is 6.07 Å². The molecule has 0 amide bonds. The predicted octanol–water partition coefficient (Wildman–Crippen LogP) is 2.54. The standard InChI is InChI=1S/C9H6N2O2.Cl2O.H2Se/c12-11(13)8-3-4-9-7(6-8)2-1-5-10-9;1-3-2;/h1-6H;;1H2. The zero-order chi connectivity index (χ0) is 12.0. The van der Waals surface area contributed by atoms with Gasteiger partial charge in [0.1, 0.15) is 0 Å². The molecule has 0 aliphatic heterocycles. The Balaban J connectivity index is 0.000000583. The van der Waals surface area contributed by atoms with Crippen molar-refractivity contribution in [1.29, 1.82) is 0 Å². The van der Waals surface area contributed by atoms with Gasteiger partial charge in [0.25, 0.3) is 5.69 Å². The molecule has 0 bridgehead atoms. The Bertz CT molecular complexity index is 498. The summed E-state index contributed by atoms with van der Waals surface area (Å²) in [7, 11) is 0. The molecule has 0 unspecified atom stereocenters. The Kier molecular flexibility index (Phi) is 7.78. The summed E-state index contributed by atoms with van der Waals surface area (Å²) in [6, 6.07) is 8.17. The van der Waals surface area contributed by atoms with Crippen LogP contribution in [0, 0.1) is 10.1 Å². The first-order valence-electron chi connectivity index (χ1n) is 4.07. The Hall–Kier alpha value is -0.911. The summed E-state index contributed by atoms with van der Waals surface area (Å²) < 4.78 is 3.19. The molecule has 8 heteroatoms. The van der Waals surface area contributed by atoms with Crippen molar-refractivity contribution < 1.29 is 8.77 Å². The molecule has 17 heavy (non-hydrogen) atoms. The van der Waals surface area contributed by atoms with Crippen LogP contribution in [0.1, 0.15) is 0 Å². The van der Waals surface area contributed by atoms with Crippen LogP contribution >= 0.6 is 23.7 Å². The summed E-state index contributed by atoms with van der Waals surface area (Å²) in [6.45, 7) is 0. The monoisotopic (exact) mass is 342 g/mol. The van der Waals surface area contributed by atoms with Gasteiger partial charge in [0.2, 0.25) is 0 Å². The number of benzene rings is 1. The minimum atomic E-state index is -0.410. The Morgan fingerprint density at radius 3 is 2.53 bits per heavy atom. The van der Waals surface area contributed by atoms with E-state index in [4.69, 9.17) is 0 Å². The molecule has 0 aliphatic carbocycles. The molecule has 2 rings (SSSR count). The molecule has 1 heterocycles. The number of hydrogen-bond donors (Lipinski definition) is 0. The summed E-state index contributed by atoms with van der Waals surface area (Å²) >= 11 is 8.53. The first-order valence-corrected chi connectivity index (χ1v) is 4.69. The number of hydrogen-bond acceptors (Lipinski definition) is 4. The van der Waals surface area contributed by atoms with E-state index in [1.807, 2.05) is 0 Å². The van der Waals surface area contributed by atoms with Crippen molar-refractivity contribution >= 4 is 57.4 Å². The van der Waals surface area contributed by atoms with Gasteiger partial charge in [0.15, 0.2) is 0 Å². The zero-order valence-corrected chi connectivity index (χ0v) is 11.9. The van der Waals surface area contributed by atoms with Gasteiger partial charge < -0.3 is 0 Å². The van der Waals surface area contributed by atoms with Gasteiger partial charge in [-0.05, 0) is 12.1 Å². The topological polar surface area (TPSA) is 65.3 Å². The maximum atomic E-state index is 10.4. The summed E-state index contributed by atoms with van der Waals surface area (Å²) in [5.74, 6) is 0. The van der Waals surface area contributed by atoms with E-state index >= 15 is 0 Å². The number of rotatable bonds is 1. The second kappa shape index (κ2) is 8.22. The molecule has 0 N–H and O–H groups in total. The van der Waals surface area contributed by atoms with E-state index in [0.717, 1.165) is 10.9 Å². The molecule has 2 aromatic rings. The van der Waals surface area contributed by atoms with E-state index in [2.05, 4.69) is 32.6 Å². The number of fused-ring (bicyclic) bond motifs is 1. The molecule has 0 aliphatic rings. The molecule has 0 spiro atoms. The number of halogens is 2. The van der Waals surface area contributed by atoms with Crippen molar-refractivity contribution in [2.75, 3.05) is 0 Å². The SMILES string of the molecule is ClOCl.O=[N+]([O-])c1ccc2ncccc2c1.[SeH2]. The molecular weight excluding hydrogens is 334 g/mol. The van der Waals surface area contributed by atoms with Crippen LogP contribution in [0.25, 0.3) is 10.9 Å². The summed E-state index contributed by atoms with van der Waals surface area (Å²) in [5, 5.41) is 11.2. The van der Waals surface area contributed by atoms with Crippen molar-refractivity contribution in [1.82, 2.24) is 4.98 Å². The van der Waals surface area contributed by atoms with Crippen molar-refractivity contribution in [2.45, 2.75) is 0 Å². The van der Waals surface area contributed by atoms with Crippen LogP contribution in [-0.4, -0.2) is 27.0 Å². The van der Waals surface area contributed by atoms with E-state index < -0.39 is 4.92 Å². The molecule has 0 saturated carbocycles. The van der Waals surface area contributed by atoms with Crippen molar-refractivity contribution in [3.05, 3.63) is 46.6 Å². The first kappa shape index (κ1) is 16.1. The normalized spacial score (nSPS) is 8.82. The first-order chi connectivity index (χ1) is 7.69. The third-order valence-corrected chi connectivity index (χ3v) is 1.80. The third-order valence-electron chi connectivity index (χ3n) is 1.80. The van der Waals surface area contributed by atoms with Crippen LogP contribution in [0.4, 0.5) is 5.69 Å². The summed E-state index contributed by atoms with van der Waals surface area (Å²) in [6.07, 6.45) is 1.66.